The largest absolute Gasteiger partial charge is 0.339 e. The molecule has 2 rings (SSSR count). The van der Waals surface area contributed by atoms with Crippen molar-refractivity contribution in [2.24, 2.45) is 5.92 Å². The number of nitrogens with zero attached hydrogens (tertiary/aromatic N) is 1. The van der Waals surface area contributed by atoms with Crippen molar-refractivity contribution in [2.45, 2.75) is 39.7 Å². The van der Waals surface area contributed by atoms with Gasteiger partial charge in [0.15, 0.2) is 0 Å². The highest BCUT2D eigenvalue weighted by atomic mass is 16.2. The molecule has 0 spiro atoms. The second kappa shape index (κ2) is 4.52. The third-order valence-corrected chi connectivity index (χ3v) is 3.99. The predicted molar refractivity (Wildman–Crippen MR) is 70.2 cm³/mol. The second-order valence-corrected chi connectivity index (χ2v) is 5.29. The molecule has 1 fully saturated rings. The molecular weight excluding hydrogens is 210 g/mol. The fourth-order valence-electron chi connectivity index (χ4n) is 2.16. The van der Waals surface area contributed by atoms with Crippen LogP contribution in [0.4, 0.5) is 0 Å². The van der Waals surface area contributed by atoms with Crippen LogP contribution in [-0.2, 0) is 0 Å². The van der Waals surface area contributed by atoms with E-state index < -0.39 is 0 Å². The summed E-state index contributed by atoms with van der Waals surface area (Å²) in [5, 5.41) is 0. The zero-order valence-electron chi connectivity index (χ0n) is 11.2. The molecule has 1 amide bonds. The highest BCUT2D eigenvalue weighted by Gasteiger charge is 2.32. The monoisotopic (exact) mass is 231 g/mol. The van der Waals surface area contributed by atoms with Gasteiger partial charge in [-0.15, -0.1) is 0 Å². The lowest BCUT2D eigenvalue weighted by atomic mass is 10.0. The van der Waals surface area contributed by atoms with Crippen LogP contribution in [0.5, 0.6) is 0 Å². The molecule has 92 valence electrons. The van der Waals surface area contributed by atoms with Gasteiger partial charge in [-0.05, 0) is 62.8 Å². The Balaban J connectivity index is 2.15. The second-order valence-electron chi connectivity index (χ2n) is 5.29. The molecule has 1 aromatic rings. The Hall–Kier alpha value is -1.31. The van der Waals surface area contributed by atoms with E-state index >= 15 is 0 Å². The van der Waals surface area contributed by atoms with Crippen molar-refractivity contribution >= 4 is 5.91 Å². The van der Waals surface area contributed by atoms with Gasteiger partial charge in [0, 0.05) is 18.7 Å². The number of amides is 1. The van der Waals surface area contributed by atoms with E-state index in [0.717, 1.165) is 11.5 Å². The van der Waals surface area contributed by atoms with Gasteiger partial charge in [-0.2, -0.15) is 0 Å². The van der Waals surface area contributed by atoms with Crippen molar-refractivity contribution in [3.05, 3.63) is 34.9 Å². The lowest BCUT2D eigenvalue weighted by Gasteiger charge is -2.25. The summed E-state index contributed by atoms with van der Waals surface area (Å²) >= 11 is 0. The van der Waals surface area contributed by atoms with Crippen LogP contribution in [0.3, 0.4) is 0 Å². The molecule has 0 aliphatic heterocycles. The van der Waals surface area contributed by atoms with Gasteiger partial charge in [-0.25, -0.2) is 0 Å². The van der Waals surface area contributed by atoms with E-state index in [1.165, 1.54) is 24.0 Å². The van der Waals surface area contributed by atoms with Crippen LogP contribution in [0, 0.1) is 19.8 Å². The van der Waals surface area contributed by atoms with Crippen molar-refractivity contribution in [3.63, 3.8) is 0 Å². The third-order valence-electron chi connectivity index (χ3n) is 3.99. The van der Waals surface area contributed by atoms with E-state index in [9.17, 15) is 4.79 Å². The van der Waals surface area contributed by atoms with E-state index in [0.29, 0.717) is 6.04 Å². The van der Waals surface area contributed by atoms with Crippen LogP contribution in [0.2, 0.25) is 0 Å². The minimum Gasteiger partial charge on any atom is -0.339 e. The average molecular weight is 231 g/mol. The molecule has 1 unspecified atom stereocenters. The number of hydrogen-bond acceptors (Lipinski definition) is 1. The first-order valence-corrected chi connectivity index (χ1v) is 6.35. The molecule has 1 aromatic carbocycles. The fraction of sp³-hybridized carbons (Fsp3) is 0.533. The summed E-state index contributed by atoms with van der Waals surface area (Å²) in [7, 11) is 1.92. The number of aryl methyl sites for hydroxylation is 2. The lowest BCUT2D eigenvalue weighted by Crippen LogP contribution is -2.36. The van der Waals surface area contributed by atoms with E-state index in [4.69, 9.17) is 0 Å². The molecular formula is C15H21NO. The third kappa shape index (κ3) is 2.51. The molecule has 1 aliphatic rings. The van der Waals surface area contributed by atoms with E-state index in [-0.39, 0.29) is 5.91 Å². The van der Waals surface area contributed by atoms with Crippen LogP contribution >= 0.6 is 0 Å². The summed E-state index contributed by atoms with van der Waals surface area (Å²) in [5.41, 5.74) is 3.23. The normalized spacial score (nSPS) is 16.7. The molecule has 0 N–H and O–H groups in total. The lowest BCUT2D eigenvalue weighted by molar-refractivity contribution is 0.0727. The summed E-state index contributed by atoms with van der Waals surface area (Å²) in [4.78, 5) is 14.2. The van der Waals surface area contributed by atoms with Crippen molar-refractivity contribution in [1.29, 1.82) is 0 Å². The standard InChI is InChI=1S/C15H21NO/c1-10-5-6-14(9-11(10)2)15(17)16(4)12(3)13-7-8-13/h5-6,9,12-13H,7-8H2,1-4H3. The first kappa shape index (κ1) is 12.2. The van der Waals surface area contributed by atoms with Gasteiger partial charge < -0.3 is 4.90 Å². The number of hydrogen-bond donors (Lipinski definition) is 0. The summed E-state index contributed by atoms with van der Waals surface area (Å²) in [6.45, 7) is 6.27. The molecule has 1 saturated carbocycles. The zero-order chi connectivity index (χ0) is 12.6. The maximum Gasteiger partial charge on any atom is 0.253 e. The maximum atomic E-state index is 12.3. The average Bonchev–Trinajstić information content (AvgIpc) is 3.14. The van der Waals surface area contributed by atoms with E-state index in [1.54, 1.807) is 0 Å². The quantitative estimate of drug-likeness (QED) is 0.782. The van der Waals surface area contributed by atoms with Crippen LogP contribution in [0.1, 0.15) is 41.3 Å². The van der Waals surface area contributed by atoms with Crippen LogP contribution in [-0.4, -0.2) is 23.9 Å². The molecule has 0 bridgehead atoms. The number of carbonyl (C=O) groups excluding carboxylic acids is 1. The molecule has 0 heterocycles. The predicted octanol–water partition coefficient (Wildman–Crippen LogP) is 3.17. The first-order chi connectivity index (χ1) is 8.00. The zero-order valence-corrected chi connectivity index (χ0v) is 11.2. The Morgan fingerprint density at radius 2 is 1.94 bits per heavy atom. The van der Waals surface area contributed by atoms with Crippen molar-refractivity contribution in [3.8, 4) is 0 Å². The Morgan fingerprint density at radius 1 is 1.29 bits per heavy atom. The van der Waals surface area contributed by atoms with Gasteiger partial charge in [0.1, 0.15) is 0 Å². The Bertz CT molecular complexity index is 435. The molecule has 17 heavy (non-hydrogen) atoms. The van der Waals surface area contributed by atoms with Crippen LogP contribution in [0.15, 0.2) is 18.2 Å². The van der Waals surface area contributed by atoms with Crippen molar-refractivity contribution in [2.75, 3.05) is 7.05 Å². The molecule has 1 aliphatic carbocycles. The Morgan fingerprint density at radius 3 is 2.47 bits per heavy atom. The van der Waals surface area contributed by atoms with Crippen molar-refractivity contribution < 1.29 is 4.79 Å². The van der Waals surface area contributed by atoms with E-state index in [1.807, 2.05) is 30.1 Å². The fourth-order valence-corrected chi connectivity index (χ4v) is 2.16. The number of carbonyl (C=O) groups is 1. The molecule has 0 saturated heterocycles. The van der Waals surface area contributed by atoms with Crippen LogP contribution < -0.4 is 0 Å². The Labute approximate surface area is 104 Å². The topological polar surface area (TPSA) is 20.3 Å². The van der Waals surface area contributed by atoms with Gasteiger partial charge in [-0.3, -0.25) is 4.79 Å². The molecule has 0 aromatic heterocycles. The van der Waals surface area contributed by atoms with Gasteiger partial charge in [0.05, 0.1) is 0 Å². The maximum absolute atomic E-state index is 12.3. The molecule has 0 radical (unpaired) electrons. The number of benzene rings is 1. The highest BCUT2D eigenvalue weighted by molar-refractivity contribution is 5.94. The van der Waals surface area contributed by atoms with Crippen molar-refractivity contribution in [1.82, 2.24) is 4.90 Å². The van der Waals surface area contributed by atoms with Gasteiger partial charge in [0.25, 0.3) is 5.91 Å². The summed E-state index contributed by atoms with van der Waals surface area (Å²) in [6, 6.07) is 6.32. The smallest absolute Gasteiger partial charge is 0.253 e. The van der Waals surface area contributed by atoms with E-state index in [2.05, 4.69) is 20.8 Å². The molecule has 2 heteroatoms. The van der Waals surface area contributed by atoms with Crippen LogP contribution in [0.25, 0.3) is 0 Å². The SMILES string of the molecule is Cc1ccc(C(=O)N(C)C(C)C2CC2)cc1C. The summed E-state index contributed by atoms with van der Waals surface area (Å²) in [6.07, 6.45) is 2.54. The molecule has 2 nitrogen and oxygen atoms in total. The van der Waals surface area contributed by atoms with Gasteiger partial charge in [-0.1, -0.05) is 6.07 Å². The first-order valence-electron chi connectivity index (χ1n) is 6.35. The Kier molecular flexibility index (Phi) is 3.23. The number of rotatable bonds is 3. The molecule has 1 atom stereocenters. The summed E-state index contributed by atoms with van der Waals surface area (Å²) < 4.78 is 0. The van der Waals surface area contributed by atoms with Gasteiger partial charge >= 0.3 is 0 Å². The minimum absolute atomic E-state index is 0.146. The highest BCUT2D eigenvalue weighted by Crippen LogP contribution is 2.35. The minimum atomic E-state index is 0.146. The van der Waals surface area contributed by atoms with Gasteiger partial charge in [0.2, 0.25) is 0 Å². The summed E-state index contributed by atoms with van der Waals surface area (Å²) in [5.74, 6) is 0.864.